The Balaban J connectivity index is 1.70. The molecule has 2 amide bonds. The largest absolute Gasteiger partial charge is 0.460 e. The highest BCUT2D eigenvalue weighted by Gasteiger charge is 2.53. The first-order valence-corrected chi connectivity index (χ1v) is 12.6. The van der Waals surface area contributed by atoms with Crippen LogP contribution in [0.25, 0.3) is 0 Å². The molecule has 1 atom stereocenters. The molecular formula is C27H41N3O4. The van der Waals surface area contributed by atoms with Gasteiger partial charge in [-0.1, -0.05) is 44.2 Å². The molecule has 7 heteroatoms. The summed E-state index contributed by atoms with van der Waals surface area (Å²) in [6.07, 6.45) is 2.78. The molecule has 7 nitrogen and oxygen atoms in total. The monoisotopic (exact) mass is 471 g/mol. The van der Waals surface area contributed by atoms with Crippen LogP contribution in [0.5, 0.6) is 0 Å². The van der Waals surface area contributed by atoms with Crippen molar-refractivity contribution in [3.05, 3.63) is 35.9 Å². The maximum absolute atomic E-state index is 13.5. The lowest BCUT2D eigenvalue weighted by Crippen LogP contribution is -2.73. The van der Waals surface area contributed by atoms with E-state index in [0.717, 1.165) is 26.1 Å². The van der Waals surface area contributed by atoms with Gasteiger partial charge in [-0.2, -0.15) is 0 Å². The van der Waals surface area contributed by atoms with E-state index < -0.39 is 17.2 Å². The Morgan fingerprint density at radius 3 is 2.35 bits per heavy atom. The van der Waals surface area contributed by atoms with Crippen molar-refractivity contribution in [1.29, 1.82) is 0 Å². The lowest BCUT2D eigenvalue weighted by Gasteiger charge is -2.51. The average molecular weight is 472 g/mol. The number of hydrogen-bond acceptors (Lipinski definition) is 5. The molecule has 3 rings (SSSR count). The Morgan fingerprint density at radius 2 is 1.76 bits per heavy atom. The number of nitrogens with zero attached hydrogens (tertiary/aromatic N) is 2. The zero-order valence-corrected chi connectivity index (χ0v) is 21.4. The third-order valence-electron chi connectivity index (χ3n) is 6.72. The van der Waals surface area contributed by atoms with E-state index in [0.29, 0.717) is 19.3 Å². The van der Waals surface area contributed by atoms with Crippen LogP contribution in [0.15, 0.2) is 30.3 Å². The number of ether oxygens (including phenoxy) is 1. The van der Waals surface area contributed by atoms with Gasteiger partial charge in [0.15, 0.2) is 0 Å². The summed E-state index contributed by atoms with van der Waals surface area (Å²) in [6, 6.07) is 9.85. The van der Waals surface area contributed by atoms with Crippen LogP contribution in [-0.4, -0.2) is 70.9 Å². The second-order valence-electron chi connectivity index (χ2n) is 11.1. The number of amides is 2. The quantitative estimate of drug-likeness (QED) is 0.589. The van der Waals surface area contributed by atoms with Gasteiger partial charge >= 0.3 is 5.97 Å². The Morgan fingerprint density at radius 1 is 1.12 bits per heavy atom. The molecule has 1 N–H and O–H groups in total. The molecule has 34 heavy (non-hydrogen) atoms. The summed E-state index contributed by atoms with van der Waals surface area (Å²) < 4.78 is 5.46. The topological polar surface area (TPSA) is 79.0 Å². The molecule has 2 aliphatic rings. The highest BCUT2D eigenvalue weighted by Crippen LogP contribution is 2.34. The summed E-state index contributed by atoms with van der Waals surface area (Å²) in [5.74, 6) is -0.225. The second kappa shape index (κ2) is 10.9. The van der Waals surface area contributed by atoms with Gasteiger partial charge in [0.1, 0.15) is 17.2 Å². The fraction of sp³-hybridized carbons (Fsp3) is 0.667. The van der Waals surface area contributed by atoms with E-state index in [1.165, 1.54) is 5.56 Å². The predicted octanol–water partition coefficient (Wildman–Crippen LogP) is 3.17. The number of rotatable bonds is 8. The number of likely N-dealkylation sites (tertiary alicyclic amines) is 1. The fourth-order valence-corrected chi connectivity index (χ4v) is 5.00. The number of hydrogen-bond donors (Lipinski definition) is 1. The van der Waals surface area contributed by atoms with Crippen LogP contribution < -0.4 is 5.32 Å². The Hall–Kier alpha value is -2.41. The van der Waals surface area contributed by atoms with Gasteiger partial charge in [-0.25, -0.2) is 0 Å². The number of benzene rings is 1. The van der Waals surface area contributed by atoms with Crippen molar-refractivity contribution in [3.63, 3.8) is 0 Å². The van der Waals surface area contributed by atoms with Crippen molar-refractivity contribution >= 4 is 17.8 Å². The summed E-state index contributed by atoms with van der Waals surface area (Å²) in [5, 5.41) is 3.02. The molecule has 2 fully saturated rings. The van der Waals surface area contributed by atoms with Crippen molar-refractivity contribution in [1.82, 2.24) is 15.1 Å². The molecule has 0 aliphatic carbocycles. The van der Waals surface area contributed by atoms with E-state index in [4.69, 9.17) is 4.74 Å². The molecule has 1 aromatic rings. The lowest BCUT2D eigenvalue weighted by molar-refractivity contribution is -0.165. The van der Waals surface area contributed by atoms with Crippen molar-refractivity contribution < 1.29 is 19.1 Å². The number of piperazine rings is 1. The number of nitrogens with one attached hydrogen (secondary N) is 1. The van der Waals surface area contributed by atoms with Gasteiger partial charge in [-0.15, -0.1) is 0 Å². The zero-order chi connectivity index (χ0) is 24.9. The van der Waals surface area contributed by atoms with E-state index in [1.807, 2.05) is 40.7 Å². The Bertz CT molecular complexity index is 854. The number of carbonyl (C=O) groups excluding carboxylic acids is 3. The summed E-state index contributed by atoms with van der Waals surface area (Å²) in [7, 11) is 0. The van der Waals surface area contributed by atoms with Gasteiger partial charge < -0.3 is 19.9 Å². The van der Waals surface area contributed by atoms with Gasteiger partial charge in [-0.05, 0) is 57.9 Å². The van der Waals surface area contributed by atoms with E-state index in [2.05, 4.69) is 34.5 Å². The first-order chi connectivity index (χ1) is 16.0. The normalized spacial score (nSPS) is 21.1. The van der Waals surface area contributed by atoms with Crippen molar-refractivity contribution in [3.8, 4) is 0 Å². The highest BCUT2D eigenvalue weighted by atomic mass is 16.6. The third kappa shape index (κ3) is 6.59. The van der Waals surface area contributed by atoms with Crippen LogP contribution in [0, 0.1) is 5.92 Å². The smallest absolute Gasteiger partial charge is 0.308 e. The zero-order valence-electron chi connectivity index (χ0n) is 21.4. The van der Waals surface area contributed by atoms with Crippen LogP contribution >= 0.6 is 0 Å². The molecule has 0 saturated carbocycles. The third-order valence-corrected chi connectivity index (χ3v) is 6.72. The van der Waals surface area contributed by atoms with Crippen molar-refractivity contribution in [2.24, 2.45) is 5.92 Å². The second-order valence-corrected chi connectivity index (χ2v) is 11.1. The molecule has 2 saturated heterocycles. The number of piperidine rings is 1. The Kier molecular flexibility index (Phi) is 8.39. The summed E-state index contributed by atoms with van der Waals surface area (Å²) in [4.78, 5) is 43.4. The highest BCUT2D eigenvalue weighted by molar-refractivity contribution is 6.00. The molecule has 1 unspecified atom stereocenters. The minimum absolute atomic E-state index is 0.0744. The summed E-state index contributed by atoms with van der Waals surface area (Å²) in [6.45, 7) is 12.2. The minimum Gasteiger partial charge on any atom is -0.460 e. The van der Waals surface area contributed by atoms with E-state index in [9.17, 15) is 14.4 Å². The summed E-state index contributed by atoms with van der Waals surface area (Å²) in [5.41, 5.74) is -0.179. The molecule has 2 aliphatic heterocycles. The molecule has 1 spiro atoms. The van der Waals surface area contributed by atoms with Crippen LogP contribution in [0.4, 0.5) is 0 Å². The van der Waals surface area contributed by atoms with E-state index in [1.54, 1.807) is 4.90 Å². The first kappa shape index (κ1) is 26.2. The van der Waals surface area contributed by atoms with Gasteiger partial charge in [0.2, 0.25) is 11.8 Å². The van der Waals surface area contributed by atoms with E-state index >= 15 is 0 Å². The number of carbonyl (C=O) groups is 3. The maximum atomic E-state index is 13.5. The van der Waals surface area contributed by atoms with Crippen LogP contribution in [0.1, 0.15) is 65.9 Å². The van der Waals surface area contributed by atoms with Crippen LogP contribution in [-0.2, 0) is 25.5 Å². The first-order valence-electron chi connectivity index (χ1n) is 12.6. The van der Waals surface area contributed by atoms with Gasteiger partial charge in [0, 0.05) is 26.2 Å². The molecule has 0 bridgehead atoms. The molecule has 0 aromatic heterocycles. The minimum atomic E-state index is -0.893. The molecule has 1 aromatic carbocycles. The lowest BCUT2D eigenvalue weighted by atomic mass is 9.80. The SMILES string of the molecule is CC(C)CC1NC(=O)C2(CCN(CCc3ccccc3)CC2)N(CCC(=O)OC(C)(C)C)C1=O. The van der Waals surface area contributed by atoms with E-state index in [-0.39, 0.29) is 36.7 Å². The Labute approximate surface area is 204 Å². The maximum Gasteiger partial charge on any atom is 0.308 e. The predicted molar refractivity (Wildman–Crippen MR) is 132 cm³/mol. The standard InChI is InChI=1S/C27H41N3O4/c1-20(2)19-22-24(32)30(16-12-23(31)34-26(3,4)5)27(25(33)28-22)13-17-29(18-14-27)15-11-21-9-7-6-8-10-21/h6-10,20,22H,11-19H2,1-5H3,(H,28,33). The van der Waals surface area contributed by atoms with Crippen LogP contribution in [0.3, 0.4) is 0 Å². The number of esters is 1. The molecule has 2 heterocycles. The van der Waals surface area contributed by atoms with Gasteiger partial charge in [0.25, 0.3) is 0 Å². The average Bonchev–Trinajstić information content (AvgIpc) is 2.76. The molecule has 0 radical (unpaired) electrons. The fourth-order valence-electron chi connectivity index (χ4n) is 5.00. The van der Waals surface area contributed by atoms with Crippen molar-refractivity contribution in [2.45, 2.75) is 83.9 Å². The van der Waals surface area contributed by atoms with Crippen LogP contribution in [0.2, 0.25) is 0 Å². The molecular weight excluding hydrogens is 430 g/mol. The molecule has 188 valence electrons. The van der Waals surface area contributed by atoms with Crippen molar-refractivity contribution in [2.75, 3.05) is 26.2 Å². The van der Waals surface area contributed by atoms with Gasteiger partial charge in [-0.3, -0.25) is 14.4 Å². The van der Waals surface area contributed by atoms with Gasteiger partial charge in [0.05, 0.1) is 6.42 Å². The summed E-state index contributed by atoms with van der Waals surface area (Å²) >= 11 is 0.